The summed E-state index contributed by atoms with van der Waals surface area (Å²) >= 11 is 5.23. The number of hydrogen-bond acceptors (Lipinski definition) is 5. The zero-order valence-electron chi connectivity index (χ0n) is 17.2. The van der Waals surface area contributed by atoms with E-state index in [2.05, 4.69) is 10.6 Å². The maximum Gasteiger partial charge on any atom is 0.257 e. The van der Waals surface area contributed by atoms with Crippen molar-refractivity contribution < 1.29 is 19.0 Å². The van der Waals surface area contributed by atoms with E-state index in [1.807, 2.05) is 61.5 Å². The monoisotopic (exact) mass is 436 g/mol. The Hall–Kier alpha value is -3.58. The Kier molecular flexibility index (Phi) is 8.25. The molecule has 0 atom stereocenters. The molecule has 7 heteroatoms. The van der Waals surface area contributed by atoms with Crippen LogP contribution in [0.2, 0.25) is 0 Å². The molecular formula is C24H24N2O4S. The molecule has 0 aliphatic carbocycles. The van der Waals surface area contributed by atoms with Crippen molar-refractivity contribution in [1.29, 1.82) is 0 Å². The van der Waals surface area contributed by atoms with Gasteiger partial charge in [0.15, 0.2) is 5.11 Å². The molecule has 0 aliphatic heterocycles. The minimum Gasteiger partial charge on any atom is -0.494 e. The predicted octanol–water partition coefficient (Wildman–Crippen LogP) is 4.67. The van der Waals surface area contributed by atoms with Crippen LogP contribution in [-0.2, 0) is 0 Å². The molecule has 3 aromatic rings. The lowest BCUT2D eigenvalue weighted by atomic mass is 10.2. The molecule has 160 valence electrons. The molecule has 3 aromatic carbocycles. The van der Waals surface area contributed by atoms with Gasteiger partial charge in [0.1, 0.15) is 30.5 Å². The van der Waals surface area contributed by atoms with Crippen molar-refractivity contribution in [3.05, 3.63) is 84.4 Å². The first-order valence-electron chi connectivity index (χ1n) is 9.90. The molecule has 0 aromatic heterocycles. The van der Waals surface area contributed by atoms with Crippen LogP contribution in [0, 0.1) is 0 Å². The van der Waals surface area contributed by atoms with Crippen molar-refractivity contribution in [3.8, 4) is 17.2 Å². The standard InChI is InChI=1S/C24H24N2O4S/c1-2-28-21-12-8-18(9-13-21)23(27)26-24(31)25-19-10-14-22(15-11-19)30-17-16-29-20-6-4-3-5-7-20/h3-15H,2,16-17H2,1H3,(H2,25,26,27,31). The second kappa shape index (κ2) is 11.6. The number of rotatable bonds is 9. The second-order valence-corrected chi connectivity index (χ2v) is 6.81. The summed E-state index contributed by atoms with van der Waals surface area (Å²) in [5, 5.41) is 5.86. The van der Waals surface area contributed by atoms with Crippen LogP contribution in [-0.4, -0.2) is 30.8 Å². The van der Waals surface area contributed by atoms with Gasteiger partial charge in [0.25, 0.3) is 5.91 Å². The van der Waals surface area contributed by atoms with E-state index in [9.17, 15) is 4.79 Å². The number of para-hydroxylation sites is 1. The highest BCUT2D eigenvalue weighted by molar-refractivity contribution is 7.80. The number of carbonyl (C=O) groups is 1. The molecule has 0 unspecified atom stereocenters. The van der Waals surface area contributed by atoms with E-state index in [0.29, 0.717) is 36.9 Å². The minimum atomic E-state index is -0.293. The Morgan fingerprint density at radius 3 is 1.94 bits per heavy atom. The van der Waals surface area contributed by atoms with Crippen LogP contribution in [0.15, 0.2) is 78.9 Å². The number of hydrogen-bond donors (Lipinski definition) is 2. The van der Waals surface area contributed by atoms with Crippen LogP contribution >= 0.6 is 12.2 Å². The fraction of sp³-hybridized carbons (Fsp3) is 0.167. The van der Waals surface area contributed by atoms with Crippen LogP contribution < -0.4 is 24.8 Å². The van der Waals surface area contributed by atoms with Gasteiger partial charge in [0.2, 0.25) is 0 Å². The zero-order chi connectivity index (χ0) is 21.9. The first-order valence-corrected chi connectivity index (χ1v) is 10.3. The maximum atomic E-state index is 12.3. The highest BCUT2D eigenvalue weighted by Crippen LogP contribution is 2.16. The number of amides is 1. The number of carbonyl (C=O) groups excluding carboxylic acids is 1. The molecule has 0 aliphatic rings. The van der Waals surface area contributed by atoms with E-state index < -0.39 is 0 Å². The van der Waals surface area contributed by atoms with Gasteiger partial charge in [0, 0.05) is 11.3 Å². The van der Waals surface area contributed by atoms with Gasteiger partial charge in [-0.25, -0.2) is 0 Å². The number of anilines is 1. The fourth-order valence-corrected chi connectivity index (χ4v) is 2.89. The minimum absolute atomic E-state index is 0.212. The van der Waals surface area contributed by atoms with E-state index >= 15 is 0 Å². The Morgan fingerprint density at radius 2 is 1.32 bits per heavy atom. The normalized spacial score (nSPS) is 10.1. The van der Waals surface area contributed by atoms with Gasteiger partial charge in [-0.1, -0.05) is 18.2 Å². The molecule has 2 N–H and O–H groups in total. The fourth-order valence-electron chi connectivity index (χ4n) is 2.68. The van der Waals surface area contributed by atoms with Gasteiger partial charge in [-0.05, 0) is 79.8 Å². The summed E-state index contributed by atoms with van der Waals surface area (Å²) in [5.74, 6) is 1.95. The average molecular weight is 437 g/mol. The molecule has 0 heterocycles. The molecule has 0 radical (unpaired) electrons. The number of nitrogens with one attached hydrogen (secondary N) is 2. The third-order valence-corrected chi connectivity index (χ3v) is 4.33. The summed E-state index contributed by atoms with van der Waals surface area (Å²) in [6.07, 6.45) is 0. The summed E-state index contributed by atoms with van der Waals surface area (Å²) in [5.41, 5.74) is 1.24. The predicted molar refractivity (Wildman–Crippen MR) is 125 cm³/mol. The van der Waals surface area contributed by atoms with Crippen LogP contribution in [0.1, 0.15) is 17.3 Å². The quantitative estimate of drug-likeness (QED) is 0.375. The summed E-state index contributed by atoms with van der Waals surface area (Å²) in [6.45, 7) is 3.36. The van der Waals surface area contributed by atoms with Crippen LogP contribution in [0.3, 0.4) is 0 Å². The van der Waals surface area contributed by atoms with Crippen LogP contribution in [0.4, 0.5) is 5.69 Å². The third kappa shape index (κ3) is 7.31. The van der Waals surface area contributed by atoms with Gasteiger partial charge in [0.05, 0.1) is 6.61 Å². The van der Waals surface area contributed by atoms with Crippen molar-refractivity contribution in [2.45, 2.75) is 6.92 Å². The highest BCUT2D eigenvalue weighted by Gasteiger charge is 2.08. The summed E-state index contributed by atoms with van der Waals surface area (Å²) < 4.78 is 16.6. The van der Waals surface area contributed by atoms with Crippen LogP contribution in [0.25, 0.3) is 0 Å². The van der Waals surface area contributed by atoms with Crippen molar-refractivity contribution in [3.63, 3.8) is 0 Å². The van der Waals surface area contributed by atoms with Crippen molar-refractivity contribution in [2.75, 3.05) is 25.1 Å². The van der Waals surface area contributed by atoms with E-state index in [1.54, 1.807) is 24.3 Å². The second-order valence-electron chi connectivity index (χ2n) is 6.40. The SMILES string of the molecule is CCOc1ccc(C(=O)NC(=S)Nc2ccc(OCCOc3ccccc3)cc2)cc1. The molecule has 0 saturated heterocycles. The lowest BCUT2D eigenvalue weighted by molar-refractivity contribution is 0.0977. The molecule has 6 nitrogen and oxygen atoms in total. The van der Waals surface area contributed by atoms with Gasteiger partial charge in [-0.3, -0.25) is 10.1 Å². The van der Waals surface area contributed by atoms with Gasteiger partial charge in [-0.15, -0.1) is 0 Å². The topological polar surface area (TPSA) is 68.8 Å². The first-order chi connectivity index (χ1) is 15.1. The number of benzene rings is 3. The first kappa shape index (κ1) is 22.1. The van der Waals surface area contributed by atoms with Gasteiger partial charge >= 0.3 is 0 Å². The summed E-state index contributed by atoms with van der Waals surface area (Å²) in [6, 6.07) is 23.8. The Bertz CT molecular complexity index is 977. The molecule has 1 amide bonds. The van der Waals surface area contributed by atoms with Crippen molar-refractivity contribution >= 4 is 28.9 Å². The lowest BCUT2D eigenvalue weighted by Gasteiger charge is -2.11. The van der Waals surface area contributed by atoms with Crippen molar-refractivity contribution in [1.82, 2.24) is 5.32 Å². The largest absolute Gasteiger partial charge is 0.494 e. The van der Waals surface area contributed by atoms with Crippen LogP contribution in [0.5, 0.6) is 17.2 Å². The highest BCUT2D eigenvalue weighted by atomic mass is 32.1. The molecule has 3 rings (SSSR count). The van der Waals surface area contributed by atoms with E-state index in [-0.39, 0.29) is 11.0 Å². The Morgan fingerprint density at radius 1 is 0.774 bits per heavy atom. The molecule has 31 heavy (non-hydrogen) atoms. The lowest BCUT2D eigenvalue weighted by Crippen LogP contribution is -2.34. The van der Waals surface area contributed by atoms with Crippen molar-refractivity contribution in [2.24, 2.45) is 0 Å². The summed E-state index contributed by atoms with van der Waals surface area (Å²) in [4.78, 5) is 12.3. The molecule has 0 fully saturated rings. The molecule has 0 spiro atoms. The number of ether oxygens (including phenoxy) is 3. The molecule has 0 saturated carbocycles. The third-order valence-electron chi connectivity index (χ3n) is 4.13. The summed E-state index contributed by atoms with van der Waals surface area (Å²) in [7, 11) is 0. The number of thiocarbonyl (C=S) groups is 1. The average Bonchev–Trinajstić information content (AvgIpc) is 2.79. The zero-order valence-corrected chi connectivity index (χ0v) is 18.0. The Balaban J connectivity index is 1.41. The Labute approximate surface area is 187 Å². The van der Waals surface area contributed by atoms with E-state index in [0.717, 1.165) is 11.4 Å². The molecule has 0 bridgehead atoms. The van der Waals surface area contributed by atoms with Gasteiger partial charge < -0.3 is 19.5 Å². The molecular weight excluding hydrogens is 412 g/mol. The maximum absolute atomic E-state index is 12.3. The van der Waals surface area contributed by atoms with E-state index in [1.165, 1.54) is 0 Å². The van der Waals surface area contributed by atoms with E-state index in [4.69, 9.17) is 26.4 Å². The smallest absolute Gasteiger partial charge is 0.257 e. The van der Waals surface area contributed by atoms with Gasteiger partial charge in [-0.2, -0.15) is 0 Å².